The third-order valence-corrected chi connectivity index (χ3v) is 4.85. The molecule has 2 aromatic heterocycles. The van der Waals surface area contributed by atoms with Crippen LogP contribution >= 0.6 is 11.3 Å². The molecule has 2 unspecified atom stereocenters. The van der Waals surface area contributed by atoms with Gasteiger partial charge in [-0.1, -0.05) is 6.07 Å². The van der Waals surface area contributed by atoms with Crippen LogP contribution in [-0.4, -0.2) is 21.9 Å². The maximum Gasteiger partial charge on any atom is 0.238 e. The number of hydrazine groups is 1. The zero-order chi connectivity index (χ0) is 15.5. The minimum atomic E-state index is -0.233. The molecule has 1 amide bonds. The molecule has 0 spiro atoms. The first-order valence-electron chi connectivity index (χ1n) is 7.25. The number of rotatable bonds is 4. The molecule has 0 aliphatic carbocycles. The van der Waals surface area contributed by atoms with Crippen LogP contribution in [-0.2, 0) is 11.3 Å². The van der Waals surface area contributed by atoms with Crippen LogP contribution in [0, 0.1) is 13.8 Å². The van der Waals surface area contributed by atoms with E-state index in [9.17, 15) is 4.79 Å². The number of nitrogens with one attached hydrogen (secondary N) is 3. The van der Waals surface area contributed by atoms with Crippen LogP contribution in [0.25, 0.3) is 0 Å². The predicted octanol–water partition coefficient (Wildman–Crippen LogP) is 1.38. The molecule has 1 fully saturated rings. The van der Waals surface area contributed by atoms with Crippen molar-refractivity contribution in [3.05, 3.63) is 45.7 Å². The second-order valence-electron chi connectivity index (χ2n) is 5.39. The van der Waals surface area contributed by atoms with Crippen molar-refractivity contribution < 1.29 is 4.79 Å². The Morgan fingerprint density at radius 2 is 2.32 bits per heavy atom. The topological polar surface area (TPSA) is 78.9 Å². The van der Waals surface area contributed by atoms with Gasteiger partial charge in [0.05, 0.1) is 16.7 Å². The summed E-state index contributed by atoms with van der Waals surface area (Å²) >= 11 is 1.68. The van der Waals surface area contributed by atoms with E-state index in [1.54, 1.807) is 23.7 Å². The lowest BCUT2D eigenvalue weighted by atomic mass is 10.1. The highest BCUT2D eigenvalue weighted by molar-refractivity contribution is 7.11. The molecule has 1 aliphatic rings. The third kappa shape index (κ3) is 3.32. The van der Waals surface area contributed by atoms with Gasteiger partial charge in [-0.05, 0) is 31.9 Å². The van der Waals surface area contributed by atoms with Crippen molar-refractivity contribution in [2.24, 2.45) is 0 Å². The summed E-state index contributed by atoms with van der Waals surface area (Å²) < 4.78 is 0. The Balaban J connectivity index is 1.56. The molecule has 3 heterocycles. The van der Waals surface area contributed by atoms with Crippen molar-refractivity contribution in [1.82, 2.24) is 26.1 Å². The van der Waals surface area contributed by atoms with E-state index in [2.05, 4.69) is 26.1 Å². The summed E-state index contributed by atoms with van der Waals surface area (Å²) in [5.74, 6) is -0.00209. The summed E-state index contributed by atoms with van der Waals surface area (Å²) in [6, 6.07) is 3.71. The molecule has 0 bridgehead atoms. The van der Waals surface area contributed by atoms with Gasteiger partial charge in [0.2, 0.25) is 5.91 Å². The molecule has 0 radical (unpaired) electrons. The lowest BCUT2D eigenvalue weighted by Crippen LogP contribution is -2.42. The lowest BCUT2D eigenvalue weighted by Gasteiger charge is -2.10. The summed E-state index contributed by atoms with van der Waals surface area (Å²) in [6.45, 7) is 4.51. The van der Waals surface area contributed by atoms with Crippen LogP contribution in [0.4, 0.5) is 0 Å². The first-order chi connectivity index (χ1) is 10.6. The summed E-state index contributed by atoms with van der Waals surface area (Å²) in [7, 11) is 0. The molecule has 2 atom stereocenters. The second-order valence-corrected chi connectivity index (χ2v) is 6.63. The average Bonchev–Trinajstić information content (AvgIpc) is 3.12. The highest BCUT2D eigenvalue weighted by Crippen LogP contribution is 2.29. The van der Waals surface area contributed by atoms with Crippen LogP contribution in [0.3, 0.4) is 0 Å². The molecule has 0 aromatic carbocycles. The van der Waals surface area contributed by atoms with Gasteiger partial charge in [0.1, 0.15) is 6.04 Å². The van der Waals surface area contributed by atoms with E-state index in [0.717, 1.165) is 22.7 Å². The Hall–Kier alpha value is -1.83. The van der Waals surface area contributed by atoms with Crippen LogP contribution < -0.4 is 16.2 Å². The van der Waals surface area contributed by atoms with Crippen molar-refractivity contribution in [1.29, 1.82) is 0 Å². The fourth-order valence-corrected chi connectivity index (χ4v) is 3.58. The van der Waals surface area contributed by atoms with Crippen molar-refractivity contribution in [2.45, 2.75) is 38.9 Å². The van der Waals surface area contributed by atoms with E-state index in [0.29, 0.717) is 6.54 Å². The van der Waals surface area contributed by atoms with E-state index in [1.165, 1.54) is 4.88 Å². The molecule has 7 heteroatoms. The normalized spacial score (nSPS) is 21.0. The maximum absolute atomic E-state index is 12.2. The number of nitrogens with zero attached hydrogens (tertiary/aromatic N) is 2. The number of aryl methyl sites for hydroxylation is 2. The third-order valence-electron chi connectivity index (χ3n) is 3.67. The molecule has 2 aromatic rings. The Kier molecular flexibility index (Phi) is 4.47. The van der Waals surface area contributed by atoms with Gasteiger partial charge < -0.3 is 5.32 Å². The van der Waals surface area contributed by atoms with Gasteiger partial charge in [-0.2, -0.15) is 0 Å². The fourth-order valence-electron chi connectivity index (χ4n) is 2.59. The van der Waals surface area contributed by atoms with Gasteiger partial charge in [-0.25, -0.2) is 15.8 Å². The highest BCUT2D eigenvalue weighted by Gasteiger charge is 2.31. The molecule has 116 valence electrons. The highest BCUT2D eigenvalue weighted by atomic mass is 32.1. The molecular weight excluding hydrogens is 298 g/mol. The summed E-state index contributed by atoms with van der Waals surface area (Å²) in [4.78, 5) is 21.9. The number of carbonyl (C=O) groups excluding carboxylic acids is 1. The van der Waals surface area contributed by atoms with Crippen LogP contribution in [0.15, 0.2) is 24.5 Å². The summed E-state index contributed by atoms with van der Waals surface area (Å²) in [5, 5.41) is 3.99. The zero-order valence-corrected chi connectivity index (χ0v) is 13.4. The van der Waals surface area contributed by atoms with Crippen molar-refractivity contribution >= 4 is 17.2 Å². The smallest absolute Gasteiger partial charge is 0.238 e. The molecule has 0 saturated carbocycles. The molecule has 3 rings (SSSR count). The van der Waals surface area contributed by atoms with Gasteiger partial charge in [-0.15, -0.1) is 11.3 Å². The van der Waals surface area contributed by atoms with Crippen molar-refractivity contribution in [3.63, 3.8) is 0 Å². The van der Waals surface area contributed by atoms with Gasteiger partial charge in [0.25, 0.3) is 0 Å². The van der Waals surface area contributed by atoms with Gasteiger partial charge in [0.15, 0.2) is 0 Å². The van der Waals surface area contributed by atoms with E-state index in [-0.39, 0.29) is 18.0 Å². The number of hydrogen-bond donors (Lipinski definition) is 3. The molecule has 1 saturated heterocycles. The SMILES string of the molecule is Cc1nc(C)c(C2CC(C(=O)NCc3cccnc3)NN2)s1. The summed E-state index contributed by atoms with van der Waals surface area (Å²) in [5.41, 5.74) is 8.32. The van der Waals surface area contributed by atoms with Gasteiger partial charge >= 0.3 is 0 Å². The average molecular weight is 317 g/mol. The van der Waals surface area contributed by atoms with Crippen LogP contribution in [0.5, 0.6) is 0 Å². The Labute approximate surface area is 133 Å². The maximum atomic E-state index is 12.2. The Bertz CT molecular complexity index is 657. The summed E-state index contributed by atoms with van der Waals surface area (Å²) in [6.07, 6.45) is 4.20. The number of thiazole rings is 1. The van der Waals surface area contributed by atoms with Crippen molar-refractivity contribution in [3.8, 4) is 0 Å². The number of amides is 1. The zero-order valence-electron chi connectivity index (χ0n) is 12.6. The Morgan fingerprint density at radius 3 is 3.00 bits per heavy atom. The lowest BCUT2D eigenvalue weighted by molar-refractivity contribution is -0.123. The van der Waals surface area contributed by atoms with E-state index in [1.807, 2.05) is 26.0 Å². The molecule has 22 heavy (non-hydrogen) atoms. The number of aromatic nitrogens is 2. The quantitative estimate of drug-likeness (QED) is 0.794. The molecular formula is C15H19N5OS. The first kappa shape index (κ1) is 15.1. The minimum absolute atomic E-state index is 0.00209. The van der Waals surface area contributed by atoms with Gasteiger partial charge in [-0.3, -0.25) is 9.78 Å². The number of carbonyl (C=O) groups is 1. The number of hydrogen-bond acceptors (Lipinski definition) is 6. The van der Waals surface area contributed by atoms with E-state index in [4.69, 9.17) is 0 Å². The number of pyridine rings is 1. The fraction of sp³-hybridized carbons (Fsp3) is 0.400. The molecule has 6 nitrogen and oxygen atoms in total. The monoisotopic (exact) mass is 317 g/mol. The van der Waals surface area contributed by atoms with Crippen LogP contribution in [0.2, 0.25) is 0 Å². The largest absolute Gasteiger partial charge is 0.351 e. The van der Waals surface area contributed by atoms with Gasteiger partial charge in [0, 0.05) is 23.8 Å². The molecule has 1 aliphatic heterocycles. The first-order valence-corrected chi connectivity index (χ1v) is 8.06. The predicted molar refractivity (Wildman–Crippen MR) is 85.1 cm³/mol. The Morgan fingerprint density at radius 1 is 1.45 bits per heavy atom. The second kappa shape index (κ2) is 6.51. The van der Waals surface area contributed by atoms with Crippen LogP contribution in [0.1, 0.15) is 33.6 Å². The molecule has 3 N–H and O–H groups in total. The minimum Gasteiger partial charge on any atom is -0.351 e. The standard InChI is InChI=1S/C15H19N5OS/c1-9-14(22-10(2)18-9)12-6-13(20-19-12)15(21)17-8-11-4-3-5-16-7-11/h3-5,7,12-13,19-20H,6,8H2,1-2H3,(H,17,21). The van der Waals surface area contributed by atoms with Crippen molar-refractivity contribution in [2.75, 3.05) is 0 Å². The van der Waals surface area contributed by atoms with E-state index < -0.39 is 0 Å². The van der Waals surface area contributed by atoms with E-state index >= 15 is 0 Å².